The van der Waals surface area contributed by atoms with Crippen molar-refractivity contribution >= 4 is 29.2 Å². The van der Waals surface area contributed by atoms with Crippen molar-refractivity contribution in [2.45, 2.75) is 45.1 Å². The van der Waals surface area contributed by atoms with E-state index in [1.54, 1.807) is 25.1 Å². The minimum absolute atomic E-state index is 0.308. The largest absolute Gasteiger partial charge is 0.479 e. The van der Waals surface area contributed by atoms with Gasteiger partial charge in [-0.25, -0.2) is 4.79 Å². The Kier molecular flexibility index (Phi) is 5.47. The molecule has 1 aromatic rings. The van der Waals surface area contributed by atoms with E-state index in [2.05, 4.69) is 11.4 Å². The highest BCUT2D eigenvalue weighted by Crippen LogP contribution is 2.48. The van der Waals surface area contributed by atoms with E-state index in [9.17, 15) is 15.2 Å². The predicted molar refractivity (Wildman–Crippen MR) is 95.1 cm³/mol. The van der Waals surface area contributed by atoms with Gasteiger partial charge in [0.25, 0.3) is 0 Å². The summed E-state index contributed by atoms with van der Waals surface area (Å²) in [6, 6.07) is 7.38. The van der Waals surface area contributed by atoms with Gasteiger partial charge in [-0.15, -0.1) is 0 Å². The summed E-state index contributed by atoms with van der Waals surface area (Å²) in [5.74, 6) is -1.61. The highest BCUT2D eigenvalue weighted by molar-refractivity contribution is 6.35. The number of nitrogens with one attached hydrogen (secondary N) is 1. The number of rotatable bonds is 4. The van der Waals surface area contributed by atoms with Gasteiger partial charge in [0.2, 0.25) is 0 Å². The van der Waals surface area contributed by atoms with E-state index in [-0.39, 0.29) is 11.8 Å². The lowest BCUT2D eigenvalue weighted by atomic mass is 9.65. The average Bonchev–Trinajstić information content (AvgIpc) is 2.53. The standard InChI is InChI=1S/C18H20Cl2N2O2/c1-4-14-16(12-7-6-11(19)8-15(12)20)13(9-21)10(3)22-18(14,5-2)17(23)24/h6-8,14,16,22H,4-5H2,1-3H3,(H,23,24). The van der Waals surface area contributed by atoms with Crippen molar-refractivity contribution < 1.29 is 9.90 Å². The van der Waals surface area contributed by atoms with Gasteiger partial charge in [0.05, 0.1) is 11.6 Å². The Morgan fingerprint density at radius 3 is 2.54 bits per heavy atom. The van der Waals surface area contributed by atoms with Crippen LogP contribution in [0.1, 0.15) is 45.1 Å². The smallest absolute Gasteiger partial charge is 0.329 e. The van der Waals surface area contributed by atoms with Gasteiger partial charge in [0.15, 0.2) is 0 Å². The number of carboxylic acid groups (broad SMARTS) is 1. The lowest BCUT2D eigenvalue weighted by molar-refractivity contribution is -0.148. The summed E-state index contributed by atoms with van der Waals surface area (Å²) in [5, 5.41) is 23.6. The SMILES string of the molecule is CCC1C(c2ccc(Cl)cc2Cl)C(C#N)=C(C)NC1(CC)C(=O)O. The van der Waals surface area contributed by atoms with Gasteiger partial charge in [-0.05, 0) is 37.5 Å². The molecule has 0 amide bonds. The normalized spacial score (nSPS) is 26.7. The van der Waals surface area contributed by atoms with Gasteiger partial charge >= 0.3 is 5.97 Å². The molecule has 1 heterocycles. The predicted octanol–water partition coefficient (Wildman–Crippen LogP) is 4.74. The van der Waals surface area contributed by atoms with Crippen molar-refractivity contribution in [1.82, 2.24) is 5.32 Å². The number of hydrogen-bond donors (Lipinski definition) is 2. The van der Waals surface area contributed by atoms with Crippen LogP contribution in [0.2, 0.25) is 10.0 Å². The molecule has 4 nitrogen and oxygen atoms in total. The van der Waals surface area contributed by atoms with Crippen LogP contribution in [0.5, 0.6) is 0 Å². The fourth-order valence-corrected chi connectivity index (χ4v) is 4.32. The van der Waals surface area contributed by atoms with E-state index < -0.39 is 11.5 Å². The summed E-state index contributed by atoms with van der Waals surface area (Å²) in [6.07, 6.45) is 0.994. The maximum Gasteiger partial charge on any atom is 0.329 e. The van der Waals surface area contributed by atoms with Crippen LogP contribution in [0, 0.1) is 17.2 Å². The van der Waals surface area contributed by atoms with Crippen LogP contribution in [0.3, 0.4) is 0 Å². The second-order valence-corrected chi connectivity index (χ2v) is 6.91. The molecule has 0 saturated heterocycles. The van der Waals surface area contributed by atoms with Gasteiger partial charge < -0.3 is 10.4 Å². The van der Waals surface area contributed by atoms with Crippen molar-refractivity contribution in [3.63, 3.8) is 0 Å². The van der Waals surface area contributed by atoms with Crippen LogP contribution in [-0.4, -0.2) is 16.6 Å². The molecule has 0 saturated carbocycles. The van der Waals surface area contributed by atoms with Gasteiger partial charge in [-0.2, -0.15) is 5.26 Å². The van der Waals surface area contributed by atoms with E-state index >= 15 is 0 Å². The first-order valence-electron chi connectivity index (χ1n) is 7.89. The molecule has 0 aliphatic carbocycles. The molecule has 2 N–H and O–H groups in total. The summed E-state index contributed by atoms with van der Waals surface area (Å²) in [6.45, 7) is 5.52. The van der Waals surface area contributed by atoms with Gasteiger partial charge in [-0.1, -0.05) is 43.1 Å². The first kappa shape index (κ1) is 18.6. The quantitative estimate of drug-likeness (QED) is 0.806. The second-order valence-electron chi connectivity index (χ2n) is 6.06. The number of benzene rings is 1. The highest BCUT2D eigenvalue weighted by atomic mass is 35.5. The lowest BCUT2D eigenvalue weighted by Gasteiger charge is -2.46. The summed E-state index contributed by atoms with van der Waals surface area (Å²) < 4.78 is 0. The third-order valence-electron chi connectivity index (χ3n) is 4.96. The van der Waals surface area contributed by atoms with Gasteiger partial charge in [0, 0.05) is 27.6 Å². The third kappa shape index (κ3) is 2.87. The number of nitrogens with zero attached hydrogens (tertiary/aromatic N) is 1. The Hall–Kier alpha value is -1.70. The third-order valence-corrected chi connectivity index (χ3v) is 5.52. The molecule has 3 atom stereocenters. The van der Waals surface area contributed by atoms with E-state index in [1.807, 2.05) is 13.8 Å². The zero-order chi connectivity index (χ0) is 18.1. The van der Waals surface area contributed by atoms with E-state index in [4.69, 9.17) is 23.2 Å². The van der Waals surface area contributed by atoms with Crippen LogP contribution >= 0.6 is 23.2 Å². The second kappa shape index (κ2) is 7.04. The zero-order valence-corrected chi connectivity index (χ0v) is 15.4. The number of aliphatic carboxylic acids is 1. The number of nitriles is 1. The molecule has 0 bridgehead atoms. The number of hydrogen-bond acceptors (Lipinski definition) is 3. The van der Waals surface area contributed by atoms with Crippen LogP contribution in [-0.2, 0) is 4.79 Å². The monoisotopic (exact) mass is 366 g/mol. The molecule has 0 spiro atoms. The number of carbonyl (C=O) groups is 1. The van der Waals surface area contributed by atoms with Crippen molar-refractivity contribution in [1.29, 1.82) is 5.26 Å². The van der Waals surface area contributed by atoms with Crippen LogP contribution in [0.4, 0.5) is 0 Å². The van der Waals surface area contributed by atoms with Crippen LogP contribution in [0.15, 0.2) is 29.5 Å². The first-order chi connectivity index (χ1) is 11.3. The molecule has 6 heteroatoms. The lowest BCUT2D eigenvalue weighted by Crippen LogP contribution is -2.60. The minimum atomic E-state index is -1.13. The molecule has 1 aromatic carbocycles. The number of halogens is 2. The summed E-state index contributed by atoms with van der Waals surface area (Å²) >= 11 is 12.4. The molecule has 2 rings (SSSR count). The Bertz CT molecular complexity index is 739. The molecule has 1 aliphatic heterocycles. The van der Waals surface area contributed by atoms with Crippen molar-refractivity contribution in [3.8, 4) is 6.07 Å². The average molecular weight is 367 g/mol. The van der Waals surface area contributed by atoms with Crippen molar-refractivity contribution in [3.05, 3.63) is 45.1 Å². The molecule has 0 aromatic heterocycles. The maximum atomic E-state index is 12.1. The van der Waals surface area contributed by atoms with E-state index in [0.717, 1.165) is 5.56 Å². The molecule has 3 unspecified atom stereocenters. The molecular weight excluding hydrogens is 347 g/mol. The fourth-order valence-electron chi connectivity index (χ4n) is 3.79. The molecule has 0 fully saturated rings. The first-order valence-corrected chi connectivity index (χ1v) is 8.65. The Morgan fingerprint density at radius 1 is 1.42 bits per heavy atom. The van der Waals surface area contributed by atoms with E-state index in [1.165, 1.54) is 0 Å². The maximum absolute atomic E-state index is 12.1. The molecule has 1 aliphatic rings. The molecular formula is C18H20Cl2N2O2. The summed E-state index contributed by atoms with van der Waals surface area (Å²) in [7, 11) is 0. The van der Waals surface area contributed by atoms with Gasteiger partial charge in [0.1, 0.15) is 5.54 Å². The van der Waals surface area contributed by atoms with Gasteiger partial charge in [-0.3, -0.25) is 0 Å². The van der Waals surface area contributed by atoms with Crippen LogP contribution in [0.25, 0.3) is 0 Å². The Labute approximate surface area is 152 Å². The number of allylic oxidation sites excluding steroid dienone is 2. The van der Waals surface area contributed by atoms with E-state index in [0.29, 0.717) is 34.2 Å². The Morgan fingerprint density at radius 2 is 2.08 bits per heavy atom. The topological polar surface area (TPSA) is 73.1 Å². The van der Waals surface area contributed by atoms with Crippen molar-refractivity contribution in [2.75, 3.05) is 0 Å². The fraction of sp³-hybridized carbons (Fsp3) is 0.444. The molecule has 0 radical (unpaired) electrons. The molecule has 24 heavy (non-hydrogen) atoms. The summed E-state index contributed by atoms with van der Waals surface area (Å²) in [4.78, 5) is 12.1. The number of carboxylic acids is 1. The molecule has 128 valence electrons. The Balaban J connectivity index is 2.75. The zero-order valence-electron chi connectivity index (χ0n) is 13.9. The van der Waals surface area contributed by atoms with Crippen LogP contribution < -0.4 is 5.32 Å². The minimum Gasteiger partial charge on any atom is -0.479 e. The highest BCUT2D eigenvalue weighted by Gasteiger charge is 2.52. The van der Waals surface area contributed by atoms with Crippen molar-refractivity contribution in [2.24, 2.45) is 5.92 Å². The summed E-state index contributed by atoms with van der Waals surface area (Å²) in [5.41, 5.74) is 0.718.